The SMILES string of the molecule is CCOC(=O)C(F)=CCc1ccccc1OC. The van der Waals surface area contributed by atoms with Crippen molar-refractivity contribution in [2.24, 2.45) is 0 Å². The number of para-hydroxylation sites is 1. The van der Waals surface area contributed by atoms with E-state index in [0.717, 1.165) is 5.56 Å². The van der Waals surface area contributed by atoms with Gasteiger partial charge in [-0.25, -0.2) is 4.79 Å². The van der Waals surface area contributed by atoms with Gasteiger partial charge in [0.1, 0.15) is 5.75 Å². The highest BCUT2D eigenvalue weighted by atomic mass is 19.1. The third-order valence-electron chi connectivity index (χ3n) is 2.16. The molecule has 0 spiro atoms. The van der Waals surface area contributed by atoms with Crippen LogP contribution in [0.2, 0.25) is 0 Å². The second kappa shape index (κ2) is 6.68. The molecule has 4 heteroatoms. The van der Waals surface area contributed by atoms with Gasteiger partial charge in [0.2, 0.25) is 5.83 Å². The van der Waals surface area contributed by atoms with E-state index in [2.05, 4.69) is 4.74 Å². The zero-order chi connectivity index (χ0) is 12.7. The summed E-state index contributed by atoms with van der Waals surface area (Å²) in [6.45, 7) is 1.79. The quantitative estimate of drug-likeness (QED) is 0.584. The molecule has 1 rings (SSSR count). The number of methoxy groups -OCH3 is 1. The van der Waals surface area contributed by atoms with Crippen molar-refractivity contribution in [2.45, 2.75) is 13.3 Å². The molecule has 1 aromatic rings. The highest BCUT2D eigenvalue weighted by molar-refractivity contribution is 5.85. The molecule has 0 heterocycles. The predicted molar refractivity (Wildman–Crippen MR) is 62.5 cm³/mol. The Morgan fingerprint density at radius 2 is 2.12 bits per heavy atom. The summed E-state index contributed by atoms with van der Waals surface area (Å²) in [6, 6.07) is 7.25. The molecule has 0 aliphatic rings. The van der Waals surface area contributed by atoms with Crippen LogP contribution in [0.25, 0.3) is 0 Å². The number of carbonyl (C=O) groups excluding carboxylic acids is 1. The van der Waals surface area contributed by atoms with E-state index in [-0.39, 0.29) is 13.0 Å². The van der Waals surface area contributed by atoms with Crippen LogP contribution in [0.1, 0.15) is 12.5 Å². The fourth-order valence-corrected chi connectivity index (χ4v) is 1.35. The van der Waals surface area contributed by atoms with Crippen molar-refractivity contribution in [3.63, 3.8) is 0 Å². The number of carbonyl (C=O) groups is 1. The van der Waals surface area contributed by atoms with Crippen LogP contribution in [0.5, 0.6) is 5.75 Å². The Bertz CT molecular complexity index is 413. The molecule has 0 saturated heterocycles. The largest absolute Gasteiger partial charge is 0.496 e. The molecule has 0 saturated carbocycles. The Hall–Kier alpha value is -1.84. The van der Waals surface area contributed by atoms with Crippen LogP contribution < -0.4 is 4.74 Å². The first-order valence-corrected chi connectivity index (χ1v) is 5.33. The third kappa shape index (κ3) is 3.90. The number of benzene rings is 1. The maximum Gasteiger partial charge on any atom is 0.366 e. The normalized spacial score (nSPS) is 11.1. The molecule has 0 aromatic heterocycles. The Morgan fingerprint density at radius 1 is 1.41 bits per heavy atom. The lowest BCUT2D eigenvalue weighted by atomic mass is 10.1. The maximum absolute atomic E-state index is 13.3. The second-order valence-corrected chi connectivity index (χ2v) is 3.29. The van der Waals surface area contributed by atoms with E-state index in [1.54, 1.807) is 20.1 Å². The molecular weight excluding hydrogens is 223 g/mol. The molecule has 0 aliphatic carbocycles. The minimum atomic E-state index is -0.928. The fraction of sp³-hybridized carbons (Fsp3) is 0.308. The minimum Gasteiger partial charge on any atom is -0.496 e. The average molecular weight is 238 g/mol. The van der Waals surface area contributed by atoms with Gasteiger partial charge >= 0.3 is 5.97 Å². The number of rotatable bonds is 5. The van der Waals surface area contributed by atoms with Gasteiger partial charge in [-0.15, -0.1) is 0 Å². The van der Waals surface area contributed by atoms with E-state index in [1.807, 2.05) is 18.2 Å². The lowest BCUT2D eigenvalue weighted by Crippen LogP contribution is -2.04. The first-order valence-electron chi connectivity index (χ1n) is 5.33. The number of esters is 1. The van der Waals surface area contributed by atoms with E-state index >= 15 is 0 Å². The molecule has 0 bridgehead atoms. The first kappa shape index (κ1) is 13.2. The lowest BCUT2D eigenvalue weighted by Gasteiger charge is -2.05. The van der Waals surface area contributed by atoms with Crippen LogP contribution in [-0.4, -0.2) is 19.7 Å². The molecule has 3 nitrogen and oxygen atoms in total. The topological polar surface area (TPSA) is 35.5 Å². The van der Waals surface area contributed by atoms with Crippen molar-refractivity contribution < 1.29 is 18.7 Å². The van der Waals surface area contributed by atoms with E-state index in [9.17, 15) is 9.18 Å². The van der Waals surface area contributed by atoms with Gasteiger partial charge in [-0.3, -0.25) is 0 Å². The number of hydrogen-bond acceptors (Lipinski definition) is 3. The maximum atomic E-state index is 13.3. The highest BCUT2D eigenvalue weighted by Crippen LogP contribution is 2.18. The summed E-state index contributed by atoms with van der Waals surface area (Å²) in [5.74, 6) is -1.14. The minimum absolute atomic E-state index is 0.161. The predicted octanol–water partition coefficient (Wildman–Crippen LogP) is 2.65. The van der Waals surface area contributed by atoms with Crippen LogP contribution in [0.4, 0.5) is 4.39 Å². The van der Waals surface area contributed by atoms with Crippen molar-refractivity contribution >= 4 is 5.97 Å². The fourth-order valence-electron chi connectivity index (χ4n) is 1.35. The van der Waals surface area contributed by atoms with E-state index in [1.165, 1.54) is 6.08 Å². The number of allylic oxidation sites excluding steroid dienone is 1. The Morgan fingerprint density at radius 3 is 2.76 bits per heavy atom. The molecule has 0 atom stereocenters. The lowest BCUT2D eigenvalue weighted by molar-refractivity contribution is -0.140. The Kier molecular flexibility index (Phi) is 5.20. The molecule has 1 aromatic carbocycles. The van der Waals surface area contributed by atoms with Gasteiger partial charge in [0.25, 0.3) is 0 Å². The first-order chi connectivity index (χ1) is 8.19. The van der Waals surface area contributed by atoms with Crippen molar-refractivity contribution in [3.8, 4) is 5.75 Å². The zero-order valence-corrected chi connectivity index (χ0v) is 9.90. The third-order valence-corrected chi connectivity index (χ3v) is 2.16. The molecule has 0 N–H and O–H groups in total. The van der Waals surface area contributed by atoms with Gasteiger partial charge in [0.05, 0.1) is 13.7 Å². The van der Waals surface area contributed by atoms with Crippen molar-refractivity contribution in [1.29, 1.82) is 0 Å². The highest BCUT2D eigenvalue weighted by Gasteiger charge is 2.09. The number of hydrogen-bond donors (Lipinski definition) is 0. The molecule has 0 unspecified atom stereocenters. The summed E-state index contributed by atoms with van der Waals surface area (Å²) in [5.41, 5.74) is 0.814. The molecule has 92 valence electrons. The summed E-state index contributed by atoms with van der Waals surface area (Å²) in [7, 11) is 1.55. The smallest absolute Gasteiger partial charge is 0.366 e. The van der Waals surface area contributed by atoms with Gasteiger partial charge in [-0.2, -0.15) is 4.39 Å². The average Bonchev–Trinajstić information content (AvgIpc) is 2.36. The molecular formula is C13H15FO3. The van der Waals surface area contributed by atoms with Gasteiger partial charge in [0.15, 0.2) is 0 Å². The second-order valence-electron chi connectivity index (χ2n) is 3.29. The molecule has 17 heavy (non-hydrogen) atoms. The summed E-state index contributed by atoms with van der Waals surface area (Å²) >= 11 is 0. The summed E-state index contributed by atoms with van der Waals surface area (Å²) in [6.07, 6.45) is 1.48. The summed E-state index contributed by atoms with van der Waals surface area (Å²) < 4.78 is 22.9. The molecule has 0 radical (unpaired) electrons. The molecule has 0 amide bonds. The number of halogens is 1. The van der Waals surface area contributed by atoms with E-state index < -0.39 is 11.8 Å². The van der Waals surface area contributed by atoms with Gasteiger partial charge in [0, 0.05) is 0 Å². The van der Waals surface area contributed by atoms with Crippen molar-refractivity contribution in [3.05, 3.63) is 41.7 Å². The van der Waals surface area contributed by atoms with Crippen LogP contribution >= 0.6 is 0 Å². The van der Waals surface area contributed by atoms with Crippen molar-refractivity contribution in [2.75, 3.05) is 13.7 Å². The Balaban J connectivity index is 2.71. The standard InChI is InChI=1S/C13H15FO3/c1-3-17-13(15)11(14)9-8-10-6-4-5-7-12(10)16-2/h4-7,9H,3,8H2,1-2H3. The zero-order valence-electron chi connectivity index (χ0n) is 9.90. The van der Waals surface area contributed by atoms with Crippen LogP contribution in [0, 0.1) is 0 Å². The van der Waals surface area contributed by atoms with E-state index in [0.29, 0.717) is 5.75 Å². The van der Waals surface area contributed by atoms with Gasteiger partial charge < -0.3 is 9.47 Å². The van der Waals surface area contributed by atoms with Crippen LogP contribution in [0.3, 0.4) is 0 Å². The summed E-state index contributed by atoms with van der Waals surface area (Å²) in [5, 5.41) is 0. The van der Waals surface area contributed by atoms with Crippen LogP contribution in [-0.2, 0) is 16.0 Å². The molecule has 0 aliphatic heterocycles. The molecule has 0 fully saturated rings. The summed E-state index contributed by atoms with van der Waals surface area (Å²) in [4.78, 5) is 11.0. The number of ether oxygens (including phenoxy) is 2. The van der Waals surface area contributed by atoms with E-state index in [4.69, 9.17) is 4.74 Å². The monoisotopic (exact) mass is 238 g/mol. The van der Waals surface area contributed by atoms with Gasteiger partial charge in [-0.05, 0) is 31.1 Å². The van der Waals surface area contributed by atoms with Crippen LogP contribution in [0.15, 0.2) is 36.2 Å². The van der Waals surface area contributed by atoms with Gasteiger partial charge in [-0.1, -0.05) is 18.2 Å². The van der Waals surface area contributed by atoms with Crippen molar-refractivity contribution in [1.82, 2.24) is 0 Å². The Labute approximate surface area is 99.9 Å².